The van der Waals surface area contributed by atoms with Crippen molar-refractivity contribution in [3.63, 3.8) is 0 Å². The molecule has 6 heteroatoms. The molecule has 0 aliphatic rings. The first kappa shape index (κ1) is 9.26. The lowest BCUT2D eigenvalue weighted by atomic mass is 10.5. The Morgan fingerprint density at radius 1 is 1.55 bits per heavy atom. The predicted molar refractivity (Wildman–Crippen MR) is 46.7 cm³/mol. The molecule has 1 heterocycles. The highest BCUT2D eigenvalue weighted by atomic mass is 35.6. The van der Waals surface area contributed by atoms with E-state index in [9.17, 15) is 4.79 Å². The quantitative estimate of drug-likeness (QED) is 0.548. The Balaban J connectivity index is 2.88. The van der Waals surface area contributed by atoms with E-state index in [-0.39, 0.29) is 5.01 Å². The van der Waals surface area contributed by atoms with Crippen LogP contribution in [0.4, 0.5) is 0 Å². The first-order valence-electron chi connectivity index (χ1n) is 2.53. The first-order chi connectivity index (χ1) is 5.02. The fraction of sp³-hybridized carbons (Fsp3) is 0.200. The van der Waals surface area contributed by atoms with Crippen LogP contribution in [0.1, 0.15) is 9.80 Å². The Hall–Kier alpha value is 0.170. The van der Waals surface area contributed by atoms with Crippen LogP contribution in [-0.2, 0) is 0 Å². The summed E-state index contributed by atoms with van der Waals surface area (Å²) >= 11 is 17.1. The molecule has 0 aliphatic heterocycles. The van der Waals surface area contributed by atoms with Gasteiger partial charge in [0, 0.05) is 11.6 Å². The molecular formula is C5H2Cl3NOS. The first-order valence-corrected chi connectivity index (χ1v) is 4.54. The maximum atomic E-state index is 11.1. The predicted octanol–water partition coefficient (Wildman–Crippen LogP) is 2.70. The summed E-state index contributed by atoms with van der Waals surface area (Å²) in [5.41, 5.74) is 0. The van der Waals surface area contributed by atoms with Gasteiger partial charge in [0.1, 0.15) is 0 Å². The molecule has 1 aromatic rings. The van der Waals surface area contributed by atoms with Gasteiger partial charge in [0.15, 0.2) is 5.01 Å². The lowest BCUT2D eigenvalue weighted by Gasteiger charge is -2.04. The van der Waals surface area contributed by atoms with Gasteiger partial charge in [-0.05, 0) is 0 Å². The molecule has 0 atom stereocenters. The zero-order valence-corrected chi connectivity index (χ0v) is 8.14. The molecule has 11 heavy (non-hydrogen) atoms. The van der Waals surface area contributed by atoms with Gasteiger partial charge in [0.25, 0.3) is 3.79 Å². The average molecular weight is 231 g/mol. The standard InChI is InChI=1S/C5H2Cl3NOS/c6-5(7,8)3(10)4-9-1-2-11-4/h1-2H. The average Bonchev–Trinajstić information content (AvgIpc) is 2.34. The number of thiazole rings is 1. The maximum absolute atomic E-state index is 11.1. The zero-order valence-electron chi connectivity index (χ0n) is 5.05. The summed E-state index contributed by atoms with van der Waals surface area (Å²) < 4.78 is -1.89. The number of Topliss-reactive ketones (excluding diaryl/α,β-unsaturated/α-hetero) is 1. The van der Waals surface area contributed by atoms with E-state index in [0.717, 1.165) is 11.3 Å². The van der Waals surface area contributed by atoms with E-state index in [1.54, 1.807) is 5.38 Å². The highest BCUT2D eigenvalue weighted by Gasteiger charge is 2.33. The summed E-state index contributed by atoms with van der Waals surface area (Å²) in [6.45, 7) is 0. The molecule has 0 fully saturated rings. The number of alkyl halides is 3. The number of hydrogen-bond donors (Lipinski definition) is 0. The molecule has 0 bridgehead atoms. The number of carbonyl (C=O) groups is 1. The lowest BCUT2D eigenvalue weighted by molar-refractivity contribution is 0.0996. The minimum atomic E-state index is -1.89. The molecule has 2 nitrogen and oxygen atoms in total. The third kappa shape index (κ3) is 2.30. The van der Waals surface area contributed by atoms with Gasteiger partial charge in [0.2, 0.25) is 5.78 Å². The Labute approximate surface area is 82.1 Å². The van der Waals surface area contributed by atoms with Gasteiger partial charge in [0.05, 0.1) is 0 Å². The number of rotatable bonds is 1. The van der Waals surface area contributed by atoms with Crippen molar-refractivity contribution in [2.24, 2.45) is 0 Å². The Kier molecular flexibility index (Phi) is 2.75. The molecule has 0 unspecified atom stereocenters. The van der Waals surface area contributed by atoms with E-state index < -0.39 is 9.58 Å². The normalized spacial score (nSPS) is 11.5. The molecule has 0 radical (unpaired) electrons. The van der Waals surface area contributed by atoms with Crippen molar-refractivity contribution in [1.82, 2.24) is 4.98 Å². The van der Waals surface area contributed by atoms with E-state index >= 15 is 0 Å². The summed E-state index contributed by atoms with van der Waals surface area (Å²) in [4.78, 5) is 14.8. The number of ketones is 1. The maximum Gasteiger partial charge on any atom is 0.255 e. The zero-order chi connectivity index (χ0) is 8.48. The van der Waals surface area contributed by atoms with Crippen molar-refractivity contribution in [1.29, 1.82) is 0 Å². The van der Waals surface area contributed by atoms with Crippen molar-refractivity contribution >= 4 is 51.9 Å². The van der Waals surface area contributed by atoms with Gasteiger partial charge in [-0.3, -0.25) is 4.79 Å². The van der Waals surface area contributed by atoms with Crippen molar-refractivity contribution in [2.75, 3.05) is 0 Å². The highest BCUT2D eigenvalue weighted by molar-refractivity contribution is 7.12. The fourth-order valence-electron chi connectivity index (χ4n) is 0.457. The Morgan fingerprint density at radius 2 is 2.18 bits per heavy atom. The molecule has 0 aliphatic carbocycles. The number of nitrogens with zero attached hydrogens (tertiary/aromatic N) is 1. The van der Waals surface area contributed by atoms with E-state index in [1.165, 1.54) is 6.20 Å². The van der Waals surface area contributed by atoms with Crippen molar-refractivity contribution in [3.05, 3.63) is 16.6 Å². The van der Waals surface area contributed by atoms with Crippen molar-refractivity contribution < 1.29 is 4.79 Å². The summed E-state index contributed by atoms with van der Waals surface area (Å²) in [6.07, 6.45) is 1.48. The second-order valence-electron chi connectivity index (χ2n) is 1.66. The van der Waals surface area contributed by atoms with Crippen LogP contribution < -0.4 is 0 Å². The topological polar surface area (TPSA) is 30.0 Å². The minimum absolute atomic E-state index is 0.213. The van der Waals surface area contributed by atoms with E-state index in [1.807, 2.05) is 0 Å². The highest BCUT2D eigenvalue weighted by Crippen LogP contribution is 2.30. The van der Waals surface area contributed by atoms with Gasteiger partial charge in [-0.15, -0.1) is 11.3 Å². The number of carbonyl (C=O) groups excluding carboxylic acids is 1. The molecule has 0 N–H and O–H groups in total. The van der Waals surface area contributed by atoms with E-state index in [4.69, 9.17) is 34.8 Å². The van der Waals surface area contributed by atoms with Crippen LogP contribution in [0.3, 0.4) is 0 Å². The number of aromatic nitrogens is 1. The van der Waals surface area contributed by atoms with Gasteiger partial charge in [-0.1, -0.05) is 34.8 Å². The largest absolute Gasteiger partial charge is 0.287 e. The van der Waals surface area contributed by atoms with Crippen LogP contribution in [0.5, 0.6) is 0 Å². The van der Waals surface area contributed by atoms with Gasteiger partial charge in [-0.25, -0.2) is 4.98 Å². The van der Waals surface area contributed by atoms with Crippen LogP contribution in [0, 0.1) is 0 Å². The van der Waals surface area contributed by atoms with Crippen LogP contribution in [0.15, 0.2) is 11.6 Å². The number of hydrogen-bond acceptors (Lipinski definition) is 3. The van der Waals surface area contributed by atoms with Crippen LogP contribution in [0.25, 0.3) is 0 Å². The summed E-state index contributed by atoms with van der Waals surface area (Å²) in [7, 11) is 0. The SMILES string of the molecule is O=C(c1nccs1)C(Cl)(Cl)Cl. The summed E-state index contributed by atoms with van der Waals surface area (Å²) in [6, 6.07) is 0. The number of halogens is 3. The van der Waals surface area contributed by atoms with E-state index in [2.05, 4.69) is 4.98 Å². The molecule has 0 amide bonds. The lowest BCUT2D eigenvalue weighted by Crippen LogP contribution is -2.18. The van der Waals surface area contributed by atoms with Crippen molar-refractivity contribution in [3.8, 4) is 0 Å². The second-order valence-corrected chi connectivity index (χ2v) is 4.84. The molecule has 0 saturated heterocycles. The van der Waals surface area contributed by atoms with Crippen molar-refractivity contribution in [2.45, 2.75) is 3.79 Å². The molecule has 60 valence electrons. The van der Waals surface area contributed by atoms with E-state index in [0.29, 0.717) is 0 Å². The molecular weight excluding hydrogens is 228 g/mol. The monoisotopic (exact) mass is 229 g/mol. The molecule has 0 saturated carbocycles. The van der Waals surface area contributed by atoms with Crippen LogP contribution >= 0.6 is 46.1 Å². The van der Waals surface area contributed by atoms with Gasteiger partial charge < -0.3 is 0 Å². The van der Waals surface area contributed by atoms with Gasteiger partial charge in [-0.2, -0.15) is 0 Å². The van der Waals surface area contributed by atoms with Crippen LogP contribution in [0.2, 0.25) is 0 Å². The molecule has 1 aromatic heterocycles. The smallest absolute Gasteiger partial charge is 0.255 e. The Bertz CT molecular complexity index is 253. The van der Waals surface area contributed by atoms with Gasteiger partial charge >= 0.3 is 0 Å². The summed E-state index contributed by atoms with van der Waals surface area (Å²) in [5.74, 6) is -0.586. The second kappa shape index (κ2) is 3.27. The fourth-order valence-corrected chi connectivity index (χ4v) is 1.53. The third-order valence-corrected chi connectivity index (χ3v) is 2.17. The molecule has 0 spiro atoms. The minimum Gasteiger partial charge on any atom is -0.287 e. The summed E-state index contributed by atoms with van der Waals surface area (Å²) in [5, 5.41) is 1.86. The Morgan fingerprint density at radius 3 is 2.55 bits per heavy atom. The molecule has 0 aromatic carbocycles. The van der Waals surface area contributed by atoms with Crippen LogP contribution in [-0.4, -0.2) is 14.6 Å². The molecule has 1 rings (SSSR count). The third-order valence-electron chi connectivity index (χ3n) is 0.884.